The molecule has 0 bridgehead atoms. The minimum absolute atomic E-state index is 0.0266. The number of nitrogens with one attached hydrogen (secondary N) is 1. The van der Waals surface area contributed by atoms with Gasteiger partial charge in [-0.3, -0.25) is 0 Å². The number of rotatable bonds is 2. The van der Waals surface area contributed by atoms with Gasteiger partial charge in [-0.15, -0.1) is 0 Å². The van der Waals surface area contributed by atoms with Gasteiger partial charge >= 0.3 is 0 Å². The number of benzene rings is 6. The third-order valence-electron chi connectivity index (χ3n) is 10.1. The minimum atomic E-state index is -0.384. The molecule has 1 N–H and O–H groups in total. The van der Waals surface area contributed by atoms with Crippen LogP contribution in [-0.2, 0) is 10.8 Å². The zero-order chi connectivity index (χ0) is 28.8. The van der Waals surface area contributed by atoms with Gasteiger partial charge in [-0.25, -0.2) is 0 Å². The monoisotopic (exact) mass is 549 g/mol. The van der Waals surface area contributed by atoms with Gasteiger partial charge in [0.15, 0.2) is 0 Å². The van der Waals surface area contributed by atoms with E-state index >= 15 is 0 Å². The van der Waals surface area contributed by atoms with Gasteiger partial charge in [-0.1, -0.05) is 135 Å². The van der Waals surface area contributed by atoms with E-state index in [1.807, 2.05) is 0 Å². The molecule has 0 atom stereocenters. The van der Waals surface area contributed by atoms with Crippen molar-refractivity contribution in [3.8, 4) is 22.3 Å². The summed E-state index contributed by atoms with van der Waals surface area (Å²) in [6, 6.07) is 49.5. The highest BCUT2D eigenvalue weighted by Crippen LogP contribution is 2.59. The topological polar surface area (TPSA) is 12.0 Å². The Morgan fingerprint density at radius 3 is 1.58 bits per heavy atom. The first kappa shape index (κ1) is 24.5. The van der Waals surface area contributed by atoms with Crippen LogP contribution in [0.2, 0.25) is 0 Å². The van der Waals surface area contributed by atoms with Crippen LogP contribution in [0.1, 0.15) is 58.4 Å². The summed E-state index contributed by atoms with van der Waals surface area (Å²) in [5, 5.41) is 3.79. The lowest BCUT2D eigenvalue weighted by Gasteiger charge is -2.35. The Bertz CT molecular complexity index is 2090. The summed E-state index contributed by atoms with van der Waals surface area (Å²) in [6.45, 7) is 4.68. The van der Waals surface area contributed by atoms with Crippen molar-refractivity contribution in [3.05, 3.63) is 178 Å². The van der Waals surface area contributed by atoms with Crippen molar-refractivity contribution in [1.29, 1.82) is 0 Å². The highest BCUT2D eigenvalue weighted by molar-refractivity contribution is 5.92. The molecule has 6 aromatic carbocycles. The summed E-state index contributed by atoms with van der Waals surface area (Å²) >= 11 is 0. The molecule has 0 aliphatic heterocycles. The van der Waals surface area contributed by atoms with Crippen LogP contribution in [0.4, 0.5) is 11.4 Å². The summed E-state index contributed by atoms with van der Waals surface area (Å²) in [7, 11) is 0. The molecule has 1 nitrogen and oxygen atoms in total. The molecule has 0 unspecified atom stereocenters. The van der Waals surface area contributed by atoms with Crippen LogP contribution in [0.5, 0.6) is 0 Å². The summed E-state index contributed by atoms with van der Waals surface area (Å²) < 4.78 is 0. The lowest BCUT2D eigenvalue weighted by atomic mass is 9.66. The fourth-order valence-electron chi connectivity index (χ4n) is 8.18. The molecule has 204 valence electrons. The van der Waals surface area contributed by atoms with Crippen molar-refractivity contribution >= 4 is 23.5 Å². The summed E-state index contributed by atoms with van der Waals surface area (Å²) in [5.74, 6) is 0. The number of hydrogen-bond donors (Lipinski definition) is 1. The molecule has 0 heterocycles. The standard InChI is InChI=1S/C42H31N/c1-41(2)37-17-9-5-13-31(37)33-23-21-30(26-40(33)41)43-29-22-24-39-34(25-29)32-14-6-10-18-38(32)42(39)35-15-7-3-11-27(35)19-20-28-12-4-8-16-36(28)42/h3-26,43H,1-2H3. The second kappa shape index (κ2) is 8.69. The summed E-state index contributed by atoms with van der Waals surface area (Å²) in [4.78, 5) is 0. The third kappa shape index (κ3) is 3.22. The van der Waals surface area contributed by atoms with Gasteiger partial charge in [-0.2, -0.15) is 0 Å². The lowest BCUT2D eigenvalue weighted by Crippen LogP contribution is -2.29. The van der Waals surface area contributed by atoms with Crippen LogP contribution in [0.25, 0.3) is 34.4 Å². The van der Waals surface area contributed by atoms with E-state index in [4.69, 9.17) is 0 Å². The normalized spacial score (nSPS) is 15.5. The quantitative estimate of drug-likeness (QED) is 0.226. The van der Waals surface area contributed by atoms with Gasteiger partial charge in [0.1, 0.15) is 0 Å². The Balaban J connectivity index is 1.21. The minimum Gasteiger partial charge on any atom is -0.355 e. The Morgan fingerprint density at radius 2 is 0.884 bits per heavy atom. The smallest absolute Gasteiger partial charge is 0.0725 e. The molecule has 0 fully saturated rings. The van der Waals surface area contributed by atoms with E-state index in [0.717, 1.165) is 11.4 Å². The Kier molecular flexibility index (Phi) is 4.94. The van der Waals surface area contributed by atoms with Crippen LogP contribution in [-0.4, -0.2) is 0 Å². The molecule has 1 spiro atoms. The molecule has 0 radical (unpaired) electrons. The molecule has 0 saturated heterocycles. The van der Waals surface area contributed by atoms with Crippen molar-refractivity contribution in [2.45, 2.75) is 24.7 Å². The molecule has 1 heteroatoms. The van der Waals surface area contributed by atoms with Crippen molar-refractivity contribution in [3.63, 3.8) is 0 Å². The van der Waals surface area contributed by atoms with Crippen LogP contribution < -0.4 is 5.32 Å². The first-order chi connectivity index (χ1) is 21.1. The fourth-order valence-corrected chi connectivity index (χ4v) is 8.18. The van der Waals surface area contributed by atoms with Crippen molar-refractivity contribution in [2.75, 3.05) is 5.32 Å². The van der Waals surface area contributed by atoms with Gasteiger partial charge in [0.25, 0.3) is 0 Å². The zero-order valence-corrected chi connectivity index (χ0v) is 24.4. The van der Waals surface area contributed by atoms with Gasteiger partial charge < -0.3 is 5.32 Å². The molecular weight excluding hydrogens is 518 g/mol. The maximum atomic E-state index is 3.79. The van der Waals surface area contributed by atoms with Gasteiger partial charge in [-0.05, 0) is 91.0 Å². The van der Waals surface area contributed by atoms with Crippen LogP contribution >= 0.6 is 0 Å². The van der Waals surface area contributed by atoms with Gasteiger partial charge in [0.2, 0.25) is 0 Å². The van der Waals surface area contributed by atoms with E-state index in [1.165, 1.54) is 66.8 Å². The molecule has 0 aromatic heterocycles. The van der Waals surface area contributed by atoms with Crippen LogP contribution in [0, 0.1) is 0 Å². The second-order valence-electron chi connectivity index (χ2n) is 12.6. The average Bonchev–Trinajstić information content (AvgIpc) is 3.39. The van der Waals surface area contributed by atoms with Gasteiger partial charge in [0.05, 0.1) is 5.41 Å². The predicted octanol–water partition coefficient (Wildman–Crippen LogP) is 10.6. The van der Waals surface area contributed by atoms with Crippen molar-refractivity contribution < 1.29 is 0 Å². The van der Waals surface area contributed by atoms with Crippen molar-refractivity contribution in [2.24, 2.45) is 0 Å². The molecule has 0 saturated carbocycles. The molecule has 43 heavy (non-hydrogen) atoms. The van der Waals surface area contributed by atoms with Gasteiger partial charge in [0, 0.05) is 16.8 Å². The fraction of sp³-hybridized carbons (Fsp3) is 0.0952. The molecular formula is C42H31N. The summed E-state index contributed by atoms with van der Waals surface area (Å²) in [6.07, 6.45) is 4.57. The number of fused-ring (bicyclic) bond motifs is 12. The maximum absolute atomic E-state index is 3.79. The second-order valence-corrected chi connectivity index (χ2v) is 12.6. The van der Waals surface area contributed by atoms with E-state index in [2.05, 4.69) is 165 Å². The Hall–Kier alpha value is -5.14. The number of hydrogen-bond acceptors (Lipinski definition) is 1. The van der Waals surface area contributed by atoms with Crippen LogP contribution in [0.15, 0.2) is 133 Å². The average molecular weight is 550 g/mol. The van der Waals surface area contributed by atoms with E-state index in [0.29, 0.717) is 0 Å². The first-order valence-electron chi connectivity index (χ1n) is 15.2. The van der Waals surface area contributed by atoms with E-state index in [1.54, 1.807) is 0 Å². The molecule has 9 rings (SSSR count). The SMILES string of the molecule is CC1(C)c2ccccc2-c2ccc(Nc3ccc4c(c3)-c3ccccc3C43c4ccccc4C=Cc4ccccc43)cc21. The predicted molar refractivity (Wildman–Crippen MR) is 180 cm³/mol. The third-order valence-corrected chi connectivity index (χ3v) is 10.1. The number of anilines is 2. The zero-order valence-electron chi connectivity index (χ0n) is 24.4. The first-order valence-corrected chi connectivity index (χ1v) is 15.2. The van der Waals surface area contributed by atoms with E-state index < -0.39 is 0 Å². The largest absolute Gasteiger partial charge is 0.355 e. The molecule has 0 amide bonds. The highest BCUT2D eigenvalue weighted by atomic mass is 14.9. The van der Waals surface area contributed by atoms with E-state index in [9.17, 15) is 0 Å². The molecule has 3 aliphatic rings. The maximum Gasteiger partial charge on any atom is 0.0725 e. The highest BCUT2D eigenvalue weighted by Gasteiger charge is 2.48. The lowest BCUT2D eigenvalue weighted by molar-refractivity contribution is 0.660. The Morgan fingerprint density at radius 1 is 0.395 bits per heavy atom. The van der Waals surface area contributed by atoms with Crippen LogP contribution in [0.3, 0.4) is 0 Å². The molecule has 6 aromatic rings. The van der Waals surface area contributed by atoms with E-state index in [-0.39, 0.29) is 10.8 Å². The molecule has 3 aliphatic carbocycles. The van der Waals surface area contributed by atoms with Crippen molar-refractivity contribution in [1.82, 2.24) is 0 Å². The summed E-state index contributed by atoms with van der Waals surface area (Å²) in [5.41, 5.74) is 17.8. The Labute approximate surface area is 253 Å².